The van der Waals surface area contributed by atoms with Crippen molar-refractivity contribution >= 4 is 23.5 Å². The topological polar surface area (TPSA) is 98.1 Å². The fourth-order valence-electron chi connectivity index (χ4n) is 3.82. The first-order valence-electron chi connectivity index (χ1n) is 8.82. The van der Waals surface area contributed by atoms with Gasteiger partial charge in [-0.3, -0.25) is 9.59 Å². The Bertz CT molecular complexity index is 650. The van der Waals surface area contributed by atoms with Crippen molar-refractivity contribution in [2.75, 3.05) is 6.61 Å². The summed E-state index contributed by atoms with van der Waals surface area (Å²) in [5, 5.41) is 29.5. The van der Waals surface area contributed by atoms with Gasteiger partial charge in [0.2, 0.25) is 5.91 Å². The van der Waals surface area contributed by atoms with Crippen molar-refractivity contribution in [2.45, 2.75) is 57.7 Å². The first kappa shape index (κ1) is 20.7. The van der Waals surface area contributed by atoms with Crippen LogP contribution in [0.3, 0.4) is 0 Å². The summed E-state index contributed by atoms with van der Waals surface area (Å²) >= 11 is 5.96. The van der Waals surface area contributed by atoms with E-state index in [1.54, 1.807) is 24.0 Å². The van der Waals surface area contributed by atoms with Crippen LogP contribution in [-0.2, 0) is 9.59 Å². The zero-order valence-electron chi connectivity index (χ0n) is 15.1. The first-order valence-corrected chi connectivity index (χ1v) is 9.20. The van der Waals surface area contributed by atoms with Crippen molar-refractivity contribution in [3.63, 3.8) is 0 Å². The summed E-state index contributed by atoms with van der Waals surface area (Å²) in [5.41, 5.74) is -0.152. The van der Waals surface area contributed by atoms with Gasteiger partial charge < -0.3 is 20.2 Å². The lowest BCUT2D eigenvalue weighted by atomic mass is 9.74. The average Bonchev–Trinajstić information content (AvgIpc) is 2.59. The number of rotatable bonds is 7. The van der Waals surface area contributed by atoms with Crippen LogP contribution in [0, 0.1) is 5.41 Å². The summed E-state index contributed by atoms with van der Waals surface area (Å²) < 4.78 is 0. The van der Waals surface area contributed by atoms with E-state index in [9.17, 15) is 24.9 Å². The molecule has 4 atom stereocenters. The lowest BCUT2D eigenvalue weighted by Crippen LogP contribution is -2.57. The van der Waals surface area contributed by atoms with Gasteiger partial charge in [0, 0.05) is 5.02 Å². The highest BCUT2D eigenvalue weighted by atomic mass is 35.5. The predicted molar refractivity (Wildman–Crippen MR) is 97.8 cm³/mol. The molecule has 1 saturated heterocycles. The number of carbonyl (C=O) groups excluding carboxylic acids is 1. The van der Waals surface area contributed by atoms with Crippen molar-refractivity contribution < 1.29 is 24.9 Å². The minimum absolute atomic E-state index is 0.263. The lowest BCUT2D eigenvalue weighted by Gasteiger charge is -2.48. The Kier molecular flexibility index (Phi) is 6.66. The van der Waals surface area contributed by atoms with Gasteiger partial charge >= 0.3 is 5.97 Å². The molecular formula is C19H26ClNO5. The molecule has 2 rings (SSSR count). The monoisotopic (exact) mass is 383 g/mol. The number of amides is 1. The molecule has 0 bridgehead atoms. The average molecular weight is 384 g/mol. The number of hydrogen-bond donors (Lipinski definition) is 3. The largest absolute Gasteiger partial charge is 0.481 e. The van der Waals surface area contributed by atoms with Crippen LogP contribution in [0.15, 0.2) is 24.3 Å². The summed E-state index contributed by atoms with van der Waals surface area (Å²) in [6, 6.07) is 6.27. The summed E-state index contributed by atoms with van der Waals surface area (Å²) in [7, 11) is 0. The molecule has 1 amide bonds. The number of aliphatic hydroxyl groups excluding tert-OH is 2. The van der Waals surface area contributed by atoms with E-state index in [1.807, 2.05) is 19.1 Å². The zero-order valence-corrected chi connectivity index (χ0v) is 15.8. The molecule has 0 radical (unpaired) electrons. The van der Waals surface area contributed by atoms with Gasteiger partial charge in [0.15, 0.2) is 0 Å². The molecule has 0 saturated carbocycles. The van der Waals surface area contributed by atoms with E-state index < -0.39 is 30.1 Å². The van der Waals surface area contributed by atoms with E-state index in [-0.39, 0.29) is 18.4 Å². The van der Waals surface area contributed by atoms with E-state index in [2.05, 4.69) is 0 Å². The summed E-state index contributed by atoms with van der Waals surface area (Å²) in [6.07, 6.45) is 0.104. The summed E-state index contributed by atoms with van der Waals surface area (Å²) in [6.45, 7) is 3.02. The summed E-state index contributed by atoms with van der Waals surface area (Å²) in [5.74, 6) is -1.33. The Balaban J connectivity index is 2.46. The molecule has 1 aromatic rings. The number of likely N-dealkylation sites (tertiary alicyclic amines) is 1. The molecule has 0 aliphatic carbocycles. The molecule has 3 N–H and O–H groups in total. The zero-order chi connectivity index (χ0) is 19.5. The molecule has 1 aliphatic rings. The van der Waals surface area contributed by atoms with Gasteiger partial charge in [-0.15, -0.1) is 0 Å². The van der Waals surface area contributed by atoms with Crippen LogP contribution >= 0.6 is 11.6 Å². The normalized spacial score (nSPS) is 25.8. The van der Waals surface area contributed by atoms with Gasteiger partial charge in [-0.1, -0.05) is 37.6 Å². The number of hydrogen-bond acceptors (Lipinski definition) is 4. The number of nitrogens with zero attached hydrogens (tertiary/aromatic N) is 1. The Labute approximate surface area is 158 Å². The van der Waals surface area contributed by atoms with E-state index in [0.29, 0.717) is 24.3 Å². The number of carboxylic acid groups (broad SMARTS) is 1. The number of aliphatic hydroxyl groups is 2. The van der Waals surface area contributed by atoms with Gasteiger partial charge in [0.1, 0.15) is 0 Å². The van der Waals surface area contributed by atoms with Gasteiger partial charge in [0.25, 0.3) is 0 Å². The van der Waals surface area contributed by atoms with E-state index >= 15 is 0 Å². The fourth-order valence-corrected chi connectivity index (χ4v) is 3.95. The Morgan fingerprint density at radius 3 is 2.50 bits per heavy atom. The Morgan fingerprint density at radius 1 is 1.38 bits per heavy atom. The quantitative estimate of drug-likeness (QED) is 0.672. The van der Waals surface area contributed by atoms with Crippen molar-refractivity contribution in [3.05, 3.63) is 34.9 Å². The predicted octanol–water partition coefficient (Wildman–Crippen LogP) is 2.62. The third-order valence-electron chi connectivity index (χ3n) is 5.26. The van der Waals surface area contributed by atoms with Gasteiger partial charge in [0.05, 0.1) is 36.6 Å². The van der Waals surface area contributed by atoms with Crippen molar-refractivity contribution in [1.82, 2.24) is 4.90 Å². The van der Waals surface area contributed by atoms with Crippen molar-refractivity contribution in [1.29, 1.82) is 0 Å². The standard InChI is InChI=1S/C19H26ClNO5/c1-3-14(16(23)11-22)21-15(12-4-6-13(20)7-5-12)8-9-19(2,18(21)26)10-17(24)25/h4-7,14-16,22-23H,3,8-11H2,1-2H3,(H,24,25)/t14?,15?,16?,19-/m1/s1. The molecule has 6 nitrogen and oxygen atoms in total. The van der Waals surface area contributed by atoms with Crippen LogP contribution in [-0.4, -0.2) is 50.8 Å². The molecule has 144 valence electrons. The van der Waals surface area contributed by atoms with Crippen LogP contribution in [0.1, 0.15) is 51.1 Å². The number of carboxylic acids is 1. The van der Waals surface area contributed by atoms with Gasteiger partial charge in [-0.05, 0) is 37.0 Å². The maximum Gasteiger partial charge on any atom is 0.304 e. The van der Waals surface area contributed by atoms with Crippen LogP contribution in [0.5, 0.6) is 0 Å². The van der Waals surface area contributed by atoms with Crippen molar-refractivity contribution in [3.8, 4) is 0 Å². The second-order valence-electron chi connectivity index (χ2n) is 7.18. The van der Waals surface area contributed by atoms with Crippen LogP contribution in [0.2, 0.25) is 5.02 Å². The number of piperidine rings is 1. The smallest absolute Gasteiger partial charge is 0.304 e. The molecule has 1 fully saturated rings. The molecule has 1 aliphatic heterocycles. The Hall–Kier alpha value is -1.63. The van der Waals surface area contributed by atoms with E-state index in [0.717, 1.165) is 5.56 Å². The highest BCUT2D eigenvalue weighted by Crippen LogP contribution is 2.44. The highest BCUT2D eigenvalue weighted by Gasteiger charge is 2.48. The van der Waals surface area contributed by atoms with Crippen molar-refractivity contribution in [2.24, 2.45) is 5.41 Å². The second kappa shape index (κ2) is 8.37. The van der Waals surface area contributed by atoms with Crippen LogP contribution in [0.4, 0.5) is 0 Å². The molecule has 26 heavy (non-hydrogen) atoms. The SMILES string of the molecule is CCC(C(O)CO)N1C(=O)[C@@](C)(CC(=O)O)CCC1c1ccc(Cl)cc1. The molecule has 3 unspecified atom stereocenters. The van der Waals surface area contributed by atoms with E-state index in [4.69, 9.17) is 11.6 Å². The molecule has 1 heterocycles. The maximum absolute atomic E-state index is 13.3. The Morgan fingerprint density at radius 2 is 2.00 bits per heavy atom. The highest BCUT2D eigenvalue weighted by molar-refractivity contribution is 6.30. The fraction of sp³-hybridized carbons (Fsp3) is 0.579. The minimum Gasteiger partial charge on any atom is -0.481 e. The minimum atomic E-state index is -1.09. The number of aliphatic carboxylic acids is 1. The van der Waals surface area contributed by atoms with Gasteiger partial charge in [-0.25, -0.2) is 0 Å². The van der Waals surface area contributed by atoms with Crippen LogP contribution < -0.4 is 0 Å². The van der Waals surface area contributed by atoms with Gasteiger partial charge in [-0.2, -0.15) is 0 Å². The molecule has 1 aromatic carbocycles. The third kappa shape index (κ3) is 4.19. The number of halogens is 1. The van der Waals surface area contributed by atoms with Crippen LogP contribution in [0.25, 0.3) is 0 Å². The number of benzene rings is 1. The summed E-state index contributed by atoms with van der Waals surface area (Å²) in [4.78, 5) is 26.1. The first-order chi connectivity index (χ1) is 12.2. The molecular weight excluding hydrogens is 358 g/mol. The molecule has 0 aromatic heterocycles. The third-order valence-corrected chi connectivity index (χ3v) is 5.51. The lowest BCUT2D eigenvalue weighted by molar-refractivity contribution is -0.162. The van der Waals surface area contributed by atoms with E-state index in [1.165, 1.54) is 0 Å². The molecule has 7 heteroatoms. The number of carbonyl (C=O) groups is 2. The second-order valence-corrected chi connectivity index (χ2v) is 7.61. The molecule has 0 spiro atoms. The maximum atomic E-state index is 13.3.